The van der Waals surface area contributed by atoms with Crippen LogP contribution < -0.4 is 0 Å². The third kappa shape index (κ3) is 3.52. The largest absolute Gasteiger partial charge is 0.331 e. The fraction of sp³-hybridized carbons (Fsp3) is 0.240. The molecule has 6 nitrogen and oxygen atoms in total. The number of nitrogens with zero attached hydrogens (tertiary/aromatic N) is 4. The van der Waals surface area contributed by atoms with Gasteiger partial charge in [-0.1, -0.05) is 84.6 Å². The molecule has 3 amide bonds. The van der Waals surface area contributed by atoms with Gasteiger partial charge in [0.15, 0.2) is 17.4 Å². The van der Waals surface area contributed by atoms with Crippen molar-refractivity contribution in [3.8, 4) is 0 Å². The van der Waals surface area contributed by atoms with Crippen LogP contribution in [-0.2, 0) is 17.1 Å². The van der Waals surface area contributed by atoms with Gasteiger partial charge in [0, 0.05) is 26.4 Å². The Bertz CT molecular complexity index is 1210. The van der Waals surface area contributed by atoms with Crippen molar-refractivity contribution < 1.29 is 9.59 Å². The van der Waals surface area contributed by atoms with E-state index in [4.69, 9.17) is 4.99 Å². The van der Waals surface area contributed by atoms with Crippen molar-refractivity contribution in [1.29, 1.82) is 0 Å². The quantitative estimate of drug-likeness (QED) is 0.606. The molecule has 3 aromatic carbocycles. The molecule has 32 heavy (non-hydrogen) atoms. The Balaban J connectivity index is 1.47. The molecule has 0 saturated carbocycles. The summed E-state index contributed by atoms with van der Waals surface area (Å²) in [5.74, 6) is 0.519. The second-order valence-corrected chi connectivity index (χ2v) is 9.04. The average Bonchev–Trinajstić information content (AvgIpc) is 3.19. The summed E-state index contributed by atoms with van der Waals surface area (Å²) in [7, 11) is 3.25. The summed E-state index contributed by atoms with van der Waals surface area (Å²) in [6.07, 6.45) is -0.509. The maximum atomic E-state index is 13.1. The number of rotatable bonds is 4. The lowest BCUT2D eigenvalue weighted by Gasteiger charge is -2.40. The minimum absolute atomic E-state index is 0.210. The summed E-state index contributed by atoms with van der Waals surface area (Å²) in [6, 6.07) is 23.9. The molecule has 1 fully saturated rings. The van der Waals surface area contributed by atoms with E-state index in [1.165, 1.54) is 21.2 Å². The predicted octanol–water partition coefficient (Wildman–Crippen LogP) is 4.16. The highest BCUT2D eigenvalue weighted by molar-refractivity contribution is 8.13. The number of fused-ring (bicyclic) bond motifs is 2. The lowest BCUT2D eigenvalue weighted by molar-refractivity contribution is -0.136. The van der Waals surface area contributed by atoms with Crippen LogP contribution in [0, 0.1) is 0 Å². The number of aliphatic imine (C=N–C) groups is 1. The molecule has 2 unspecified atom stereocenters. The average molecular weight is 445 g/mol. The van der Waals surface area contributed by atoms with Gasteiger partial charge in [-0.05, 0) is 21.9 Å². The molecule has 2 aliphatic heterocycles. The third-order valence-corrected chi connectivity index (χ3v) is 7.16. The standard InChI is InChI=1S/C25H24N4O2S/c1-27-22-21(23(30)28(2)25(27)31)29(15-17-9-4-3-5-10-17)24(26-22)32-16-19-13-8-12-18-11-6-7-14-20(18)19/h3-14,21-22H,15-16H2,1-2H3. The minimum atomic E-state index is -0.516. The van der Waals surface area contributed by atoms with Crippen LogP contribution in [0.5, 0.6) is 0 Å². The van der Waals surface area contributed by atoms with E-state index >= 15 is 0 Å². The third-order valence-electron chi connectivity index (χ3n) is 6.11. The van der Waals surface area contributed by atoms with Crippen molar-refractivity contribution in [2.45, 2.75) is 24.5 Å². The van der Waals surface area contributed by atoms with Crippen LogP contribution in [-0.4, -0.2) is 58.1 Å². The van der Waals surface area contributed by atoms with Crippen LogP contribution in [0.4, 0.5) is 4.79 Å². The molecule has 0 N–H and O–H groups in total. The summed E-state index contributed by atoms with van der Waals surface area (Å²) < 4.78 is 0. The topological polar surface area (TPSA) is 56.2 Å². The van der Waals surface area contributed by atoms with Gasteiger partial charge in [0.25, 0.3) is 5.91 Å². The van der Waals surface area contributed by atoms with Gasteiger partial charge in [0.2, 0.25) is 0 Å². The predicted molar refractivity (Wildman–Crippen MR) is 128 cm³/mol. The van der Waals surface area contributed by atoms with Gasteiger partial charge in [-0.2, -0.15) is 0 Å². The highest BCUT2D eigenvalue weighted by Gasteiger charge is 2.51. The number of likely N-dealkylation sites (N-methyl/N-ethyl adjacent to an activating group) is 2. The highest BCUT2D eigenvalue weighted by atomic mass is 32.2. The molecule has 162 valence electrons. The first-order valence-corrected chi connectivity index (χ1v) is 11.6. The highest BCUT2D eigenvalue weighted by Crippen LogP contribution is 2.34. The van der Waals surface area contributed by atoms with Crippen molar-refractivity contribution in [2.75, 3.05) is 14.1 Å². The number of amides is 3. The number of carbonyl (C=O) groups excluding carboxylic acids is 2. The number of benzene rings is 3. The van der Waals surface area contributed by atoms with Crippen LogP contribution in [0.3, 0.4) is 0 Å². The molecule has 7 heteroatoms. The Kier molecular flexibility index (Phi) is 5.35. The molecule has 0 spiro atoms. The monoisotopic (exact) mass is 444 g/mol. The van der Waals surface area contributed by atoms with Gasteiger partial charge < -0.3 is 9.80 Å². The zero-order valence-corrected chi connectivity index (χ0v) is 18.8. The SMILES string of the molecule is CN1C(=O)C2C(N=C(SCc3cccc4ccccc34)N2Cc2ccccc2)N(C)C1=O. The van der Waals surface area contributed by atoms with Gasteiger partial charge in [-0.3, -0.25) is 9.69 Å². The summed E-state index contributed by atoms with van der Waals surface area (Å²) in [5, 5.41) is 3.22. The molecular weight excluding hydrogens is 420 g/mol. The lowest BCUT2D eigenvalue weighted by Crippen LogP contribution is -2.63. The summed E-state index contributed by atoms with van der Waals surface area (Å²) in [6.45, 7) is 0.561. The minimum Gasteiger partial charge on any atom is -0.331 e. The fourth-order valence-electron chi connectivity index (χ4n) is 4.37. The maximum absolute atomic E-state index is 13.1. The van der Waals surface area contributed by atoms with E-state index in [0.29, 0.717) is 6.54 Å². The Labute approximate surface area is 191 Å². The molecule has 0 aliphatic carbocycles. The second-order valence-electron chi connectivity index (χ2n) is 8.10. The van der Waals surface area contributed by atoms with Crippen LogP contribution in [0.1, 0.15) is 11.1 Å². The molecule has 2 aliphatic rings. The summed E-state index contributed by atoms with van der Waals surface area (Å²) in [5.41, 5.74) is 2.32. The van der Waals surface area contributed by atoms with Gasteiger partial charge >= 0.3 is 6.03 Å². The molecule has 1 saturated heterocycles. The Morgan fingerprint density at radius 2 is 1.62 bits per heavy atom. The van der Waals surface area contributed by atoms with Crippen molar-refractivity contribution in [1.82, 2.24) is 14.7 Å². The van der Waals surface area contributed by atoms with Crippen LogP contribution in [0.2, 0.25) is 0 Å². The summed E-state index contributed by atoms with van der Waals surface area (Å²) in [4.78, 5) is 35.3. The summed E-state index contributed by atoms with van der Waals surface area (Å²) >= 11 is 1.62. The van der Waals surface area contributed by atoms with E-state index in [2.05, 4.69) is 41.3 Å². The van der Waals surface area contributed by atoms with E-state index in [1.54, 1.807) is 30.8 Å². The van der Waals surface area contributed by atoms with Crippen molar-refractivity contribution in [2.24, 2.45) is 4.99 Å². The molecule has 0 bridgehead atoms. The van der Waals surface area contributed by atoms with Crippen LogP contribution in [0.25, 0.3) is 10.8 Å². The molecule has 2 heterocycles. The van der Waals surface area contributed by atoms with E-state index in [1.807, 2.05) is 36.4 Å². The molecule has 0 radical (unpaired) electrons. The smallest absolute Gasteiger partial charge is 0.328 e. The van der Waals surface area contributed by atoms with Gasteiger partial charge in [-0.15, -0.1) is 0 Å². The molecular formula is C25H24N4O2S. The Morgan fingerprint density at radius 3 is 2.44 bits per heavy atom. The van der Waals surface area contributed by atoms with Gasteiger partial charge in [-0.25, -0.2) is 9.79 Å². The number of hydrogen-bond acceptors (Lipinski definition) is 5. The van der Waals surface area contributed by atoms with Crippen LogP contribution in [0.15, 0.2) is 77.8 Å². The number of carbonyl (C=O) groups is 2. The first kappa shape index (κ1) is 20.6. The zero-order chi connectivity index (χ0) is 22.2. The first-order chi connectivity index (χ1) is 15.5. The van der Waals surface area contributed by atoms with Gasteiger partial charge in [0.1, 0.15) is 0 Å². The number of hydrogen-bond donors (Lipinski definition) is 0. The number of urea groups is 1. The Hall–Kier alpha value is -3.32. The maximum Gasteiger partial charge on any atom is 0.328 e. The van der Waals surface area contributed by atoms with E-state index in [0.717, 1.165) is 16.5 Å². The van der Waals surface area contributed by atoms with E-state index in [9.17, 15) is 9.59 Å². The number of imide groups is 1. The van der Waals surface area contributed by atoms with E-state index < -0.39 is 12.2 Å². The molecule has 3 aromatic rings. The first-order valence-electron chi connectivity index (χ1n) is 10.6. The molecule has 2 atom stereocenters. The van der Waals surface area contributed by atoms with Crippen molar-refractivity contribution >= 4 is 39.6 Å². The van der Waals surface area contributed by atoms with Crippen molar-refractivity contribution in [3.63, 3.8) is 0 Å². The zero-order valence-electron chi connectivity index (χ0n) is 18.0. The molecule has 5 rings (SSSR count). The van der Waals surface area contributed by atoms with Crippen LogP contribution >= 0.6 is 11.8 Å². The van der Waals surface area contributed by atoms with E-state index in [-0.39, 0.29) is 11.9 Å². The number of amidine groups is 1. The Morgan fingerprint density at radius 1 is 0.906 bits per heavy atom. The second kappa shape index (κ2) is 8.31. The fourth-order valence-corrected chi connectivity index (χ4v) is 5.43. The molecule has 0 aromatic heterocycles. The lowest BCUT2D eigenvalue weighted by atomic mass is 10.1. The van der Waals surface area contributed by atoms with Crippen molar-refractivity contribution in [3.05, 3.63) is 83.9 Å². The van der Waals surface area contributed by atoms with Gasteiger partial charge in [0.05, 0.1) is 0 Å². The normalized spacial score (nSPS) is 20.7. The number of thioether (sulfide) groups is 1.